The maximum atomic E-state index is 11.8. The Bertz CT molecular complexity index is 1090. The number of benzene rings is 1. The Hall–Kier alpha value is -3.81. The highest BCUT2D eigenvalue weighted by Crippen LogP contribution is 2.31. The fourth-order valence-corrected chi connectivity index (χ4v) is 2.79. The van der Waals surface area contributed by atoms with Crippen LogP contribution >= 0.6 is 0 Å². The quantitative estimate of drug-likeness (QED) is 0.574. The van der Waals surface area contributed by atoms with Crippen LogP contribution in [0.4, 0.5) is 16.3 Å². The molecule has 0 saturated heterocycles. The van der Waals surface area contributed by atoms with E-state index in [4.69, 9.17) is 9.15 Å². The molecule has 3 aromatic heterocycles. The average molecular weight is 350 g/mol. The zero-order chi connectivity index (χ0) is 18.1. The minimum Gasteiger partial charge on any atom is -0.495 e. The summed E-state index contributed by atoms with van der Waals surface area (Å²) in [5, 5.41) is 13.5. The molecule has 0 bridgehead atoms. The molecule has 8 nitrogen and oxygen atoms in total. The Morgan fingerprint density at radius 2 is 2.12 bits per heavy atom. The maximum absolute atomic E-state index is 11.8. The van der Waals surface area contributed by atoms with Crippen molar-refractivity contribution < 1.29 is 19.1 Å². The Balaban J connectivity index is 1.82. The van der Waals surface area contributed by atoms with Crippen LogP contribution in [0, 0.1) is 0 Å². The first-order valence-corrected chi connectivity index (χ1v) is 7.71. The molecular weight excluding hydrogens is 336 g/mol. The van der Waals surface area contributed by atoms with Crippen molar-refractivity contribution in [2.45, 2.75) is 0 Å². The zero-order valence-electron chi connectivity index (χ0n) is 13.7. The molecule has 0 spiro atoms. The van der Waals surface area contributed by atoms with E-state index in [9.17, 15) is 9.90 Å². The lowest BCUT2D eigenvalue weighted by molar-refractivity contribution is 0.197. The van der Waals surface area contributed by atoms with Crippen LogP contribution in [0.1, 0.15) is 0 Å². The number of anilines is 2. The minimum absolute atomic E-state index is 0.364. The molecule has 8 heteroatoms. The number of rotatable bonds is 4. The van der Waals surface area contributed by atoms with E-state index < -0.39 is 6.09 Å². The molecule has 4 rings (SSSR count). The van der Waals surface area contributed by atoms with Crippen LogP contribution in [-0.4, -0.2) is 32.8 Å². The molecule has 0 fully saturated rings. The molecule has 0 aliphatic rings. The second-order valence-electron chi connectivity index (χ2n) is 5.47. The van der Waals surface area contributed by atoms with Gasteiger partial charge in [0, 0.05) is 17.6 Å². The summed E-state index contributed by atoms with van der Waals surface area (Å²) >= 11 is 0. The number of oxazole rings is 1. The molecule has 130 valence electrons. The lowest BCUT2D eigenvalue weighted by atomic mass is 10.2. The van der Waals surface area contributed by atoms with E-state index in [1.165, 1.54) is 12.6 Å². The number of hydrogen-bond donors (Lipinski definition) is 2. The van der Waals surface area contributed by atoms with Crippen molar-refractivity contribution in [3.05, 3.63) is 55.2 Å². The van der Waals surface area contributed by atoms with Crippen molar-refractivity contribution >= 4 is 28.5 Å². The van der Waals surface area contributed by atoms with Gasteiger partial charge in [0.05, 0.1) is 30.2 Å². The molecule has 0 unspecified atom stereocenters. The van der Waals surface area contributed by atoms with Gasteiger partial charge in [0.25, 0.3) is 0 Å². The maximum Gasteiger partial charge on any atom is 0.416 e. The number of aromatic nitrogens is 3. The first-order chi connectivity index (χ1) is 12.7. The second-order valence-corrected chi connectivity index (χ2v) is 5.47. The van der Waals surface area contributed by atoms with Crippen LogP contribution in [0.25, 0.3) is 22.4 Å². The summed E-state index contributed by atoms with van der Waals surface area (Å²) < 4.78 is 11.7. The third-order valence-electron chi connectivity index (χ3n) is 3.93. The molecule has 0 aliphatic heterocycles. The van der Waals surface area contributed by atoms with Gasteiger partial charge < -0.3 is 19.6 Å². The molecule has 0 atom stereocenters. The van der Waals surface area contributed by atoms with Gasteiger partial charge in [-0.15, -0.1) is 0 Å². The number of ether oxygens (including phenoxy) is 1. The Morgan fingerprint density at radius 3 is 2.85 bits per heavy atom. The first kappa shape index (κ1) is 15.7. The third-order valence-corrected chi connectivity index (χ3v) is 3.93. The Morgan fingerprint density at radius 1 is 1.27 bits per heavy atom. The van der Waals surface area contributed by atoms with E-state index in [2.05, 4.69) is 15.3 Å². The zero-order valence-corrected chi connectivity index (χ0v) is 13.7. The second kappa shape index (κ2) is 6.25. The standard InChI is InChI=1S/C18H14N4O4/c1-25-15-5-3-2-4-12(15)21-17-7-13-11(8-20-17)6-14(22(13)18(23)24)16-9-19-10-26-16/h2-10H,1H3,(H,20,21)(H,23,24). The van der Waals surface area contributed by atoms with E-state index in [0.29, 0.717) is 33.9 Å². The smallest absolute Gasteiger partial charge is 0.416 e. The summed E-state index contributed by atoms with van der Waals surface area (Å²) in [6, 6.07) is 10.8. The number of carboxylic acid groups (broad SMARTS) is 1. The molecular formula is C18H14N4O4. The lowest BCUT2D eigenvalue weighted by Crippen LogP contribution is -2.09. The van der Waals surface area contributed by atoms with E-state index in [1.807, 2.05) is 24.3 Å². The highest BCUT2D eigenvalue weighted by atomic mass is 16.5. The summed E-state index contributed by atoms with van der Waals surface area (Å²) in [7, 11) is 1.58. The van der Waals surface area contributed by atoms with Crippen LogP contribution < -0.4 is 10.1 Å². The lowest BCUT2D eigenvalue weighted by Gasteiger charge is -2.10. The predicted molar refractivity (Wildman–Crippen MR) is 94.9 cm³/mol. The third kappa shape index (κ3) is 2.63. The number of para-hydroxylation sites is 2. The van der Waals surface area contributed by atoms with Crippen molar-refractivity contribution in [3.63, 3.8) is 0 Å². The van der Waals surface area contributed by atoms with Crippen LogP contribution in [0.15, 0.2) is 59.6 Å². The SMILES string of the molecule is COc1ccccc1Nc1cc2c(cn1)cc(-c1cnco1)n2C(=O)O. The number of nitrogens with zero attached hydrogens (tertiary/aromatic N) is 3. The van der Waals surface area contributed by atoms with E-state index in [1.54, 1.807) is 25.4 Å². The molecule has 0 saturated carbocycles. The molecule has 0 radical (unpaired) electrons. The van der Waals surface area contributed by atoms with Crippen molar-refractivity contribution in [2.24, 2.45) is 0 Å². The molecule has 1 aromatic carbocycles. The van der Waals surface area contributed by atoms with Crippen LogP contribution in [0.2, 0.25) is 0 Å². The van der Waals surface area contributed by atoms with E-state index in [0.717, 1.165) is 10.3 Å². The number of fused-ring (bicyclic) bond motifs is 1. The van der Waals surface area contributed by atoms with Crippen LogP contribution in [0.3, 0.4) is 0 Å². The predicted octanol–water partition coefficient (Wildman–Crippen LogP) is 3.97. The topological polar surface area (TPSA) is 102 Å². The van der Waals surface area contributed by atoms with Gasteiger partial charge in [-0.2, -0.15) is 0 Å². The van der Waals surface area contributed by atoms with Crippen molar-refractivity contribution in [2.75, 3.05) is 12.4 Å². The van der Waals surface area contributed by atoms with Crippen LogP contribution in [0.5, 0.6) is 5.75 Å². The van der Waals surface area contributed by atoms with Gasteiger partial charge in [-0.05, 0) is 18.2 Å². The van der Waals surface area contributed by atoms with Gasteiger partial charge >= 0.3 is 6.09 Å². The highest BCUT2D eigenvalue weighted by Gasteiger charge is 2.18. The number of nitrogens with one attached hydrogen (secondary N) is 1. The van der Waals surface area contributed by atoms with Gasteiger partial charge in [0.15, 0.2) is 12.2 Å². The summed E-state index contributed by atoms with van der Waals surface area (Å²) in [5.41, 5.74) is 1.60. The Labute approximate surface area is 147 Å². The molecule has 2 N–H and O–H groups in total. The number of pyridine rings is 1. The summed E-state index contributed by atoms with van der Waals surface area (Å²) in [6.07, 6.45) is 3.20. The van der Waals surface area contributed by atoms with Gasteiger partial charge in [-0.25, -0.2) is 19.3 Å². The number of hydrogen-bond acceptors (Lipinski definition) is 6. The summed E-state index contributed by atoms with van der Waals surface area (Å²) in [4.78, 5) is 20.0. The largest absolute Gasteiger partial charge is 0.495 e. The number of methoxy groups -OCH3 is 1. The molecule has 3 heterocycles. The molecule has 0 aliphatic carbocycles. The van der Waals surface area contributed by atoms with Gasteiger partial charge in [-0.3, -0.25) is 0 Å². The van der Waals surface area contributed by atoms with Gasteiger partial charge in [0.1, 0.15) is 11.6 Å². The molecule has 0 amide bonds. The normalized spacial score (nSPS) is 10.8. The van der Waals surface area contributed by atoms with Crippen molar-refractivity contribution in [1.82, 2.24) is 14.5 Å². The fraction of sp³-hybridized carbons (Fsp3) is 0.0556. The molecule has 26 heavy (non-hydrogen) atoms. The van der Waals surface area contributed by atoms with E-state index in [-0.39, 0.29) is 0 Å². The van der Waals surface area contributed by atoms with Gasteiger partial charge in [-0.1, -0.05) is 12.1 Å². The highest BCUT2D eigenvalue weighted by molar-refractivity contribution is 5.95. The monoisotopic (exact) mass is 350 g/mol. The van der Waals surface area contributed by atoms with Gasteiger partial charge in [0.2, 0.25) is 0 Å². The average Bonchev–Trinajstić information content (AvgIpc) is 3.29. The minimum atomic E-state index is -1.12. The van der Waals surface area contributed by atoms with E-state index >= 15 is 0 Å². The summed E-state index contributed by atoms with van der Waals surface area (Å²) in [6.45, 7) is 0. The molecule has 4 aromatic rings. The van der Waals surface area contributed by atoms with Crippen molar-refractivity contribution in [3.8, 4) is 17.2 Å². The summed E-state index contributed by atoms with van der Waals surface area (Å²) in [5.74, 6) is 1.51. The fourth-order valence-electron chi connectivity index (χ4n) is 2.79. The van der Waals surface area contributed by atoms with Crippen molar-refractivity contribution in [1.29, 1.82) is 0 Å². The van der Waals surface area contributed by atoms with Crippen LogP contribution in [-0.2, 0) is 0 Å². The number of carbonyl (C=O) groups is 1. The Kier molecular flexibility index (Phi) is 3.77. The first-order valence-electron chi connectivity index (χ1n) is 7.71.